The third kappa shape index (κ3) is 2.42. The van der Waals surface area contributed by atoms with Gasteiger partial charge in [0.1, 0.15) is 5.75 Å². The van der Waals surface area contributed by atoms with Gasteiger partial charge in [0.05, 0.1) is 4.47 Å². The fraction of sp³-hybridized carbons (Fsp3) is 0. The van der Waals surface area contributed by atoms with Crippen molar-refractivity contribution < 1.29 is 15.0 Å². The Bertz CT molecular complexity index is 569. The largest absolute Gasteiger partial charge is 0.508 e. The van der Waals surface area contributed by atoms with E-state index in [1.807, 2.05) is 0 Å². The summed E-state index contributed by atoms with van der Waals surface area (Å²) in [5, 5.41) is 18.1. The molecule has 0 radical (unpaired) electrons. The van der Waals surface area contributed by atoms with E-state index in [9.17, 15) is 4.79 Å². The van der Waals surface area contributed by atoms with Gasteiger partial charge in [-0.1, -0.05) is 0 Å². The zero-order chi connectivity index (χ0) is 12.4. The maximum atomic E-state index is 10.9. The molecule has 6 heteroatoms. The van der Waals surface area contributed by atoms with Crippen LogP contribution in [0.15, 0.2) is 34.9 Å². The number of aromatic carboxylic acids is 1. The highest BCUT2D eigenvalue weighted by atomic mass is 79.9. The summed E-state index contributed by atoms with van der Waals surface area (Å²) >= 11 is 3.07. The van der Waals surface area contributed by atoms with E-state index >= 15 is 0 Å². The molecular formula is C11H7BrN2O3. The Kier molecular flexibility index (Phi) is 3.06. The Morgan fingerprint density at radius 3 is 2.47 bits per heavy atom. The highest BCUT2D eigenvalue weighted by Crippen LogP contribution is 2.21. The van der Waals surface area contributed by atoms with Crippen LogP contribution in [0.3, 0.4) is 0 Å². The first-order chi connectivity index (χ1) is 8.08. The number of carbonyl (C=O) groups is 1. The van der Waals surface area contributed by atoms with Crippen LogP contribution in [-0.4, -0.2) is 26.2 Å². The third-order valence-electron chi connectivity index (χ3n) is 2.07. The number of halogens is 1. The van der Waals surface area contributed by atoms with Gasteiger partial charge in [-0.15, -0.1) is 0 Å². The summed E-state index contributed by atoms with van der Waals surface area (Å²) in [6, 6.07) is 6.21. The summed E-state index contributed by atoms with van der Waals surface area (Å²) in [4.78, 5) is 18.8. The van der Waals surface area contributed by atoms with Crippen molar-refractivity contribution in [3.63, 3.8) is 0 Å². The lowest BCUT2D eigenvalue weighted by molar-refractivity contribution is 0.0689. The summed E-state index contributed by atoms with van der Waals surface area (Å²) in [6.45, 7) is 0. The molecule has 0 amide bonds. The highest BCUT2D eigenvalue weighted by Gasteiger charge is 2.12. The van der Waals surface area contributed by atoms with Crippen LogP contribution in [0.2, 0.25) is 0 Å². The van der Waals surface area contributed by atoms with E-state index in [-0.39, 0.29) is 11.4 Å². The third-order valence-corrected chi connectivity index (χ3v) is 2.65. The molecule has 0 fully saturated rings. The predicted molar refractivity (Wildman–Crippen MR) is 63.8 cm³/mol. The van der Waals surface area contributed by atoms with Gasteiger partial charge in [-0.2, -0.15) is 0 Å². The monoisotopic (exact) mass is 294 g/mol. The fourth-order valence-electron chi connectivity index (χ4n) is 1.27. The minimum absolute atomic E-state index is 0.0944. The number of benzene rings is 1. The van der Waals surface area contributed by atoms with E-state index in [0.717, 1.165) is 0 Å². The molecule has 5 nitrogen and oxygen atoms in total. The maximum absolute atomic E-state index is 10.9. The van der Waals surface area contributed by atoms with E-state index in [1.165, 1.54) is 18.3 Å². The molecule has 0 spiro atoms. The summed E-state index contributed by atoms with van der Waals surface area (Å²) in [5.74, 6) is -0.700. The smallest absolute Gasteiger partial charge is 0.355 e. The van der Waals surface area contributed by atoms with Gasteiger partial charge in [-0.05, 0) is 40.2 Å². The van der Waals surface area contributed by atoms with Crippen molar-refractivity contribution in [2.45, 2.75) is 0 Å². The summed E-state index contributed by atoms with van der Waals surface area (Å²) in [6.07, 6.45) is 1.39. The summed E-state index contributed by atoms with van der Waals surface area (Å²) in [5.41, 5.74) is 0.542. The van der Waals surface area contributed by atoms with E-state index < -0.39 is 5.97 Å². The van der Waals surface area contributed by atoms with Gasteiger partial charge < -0.3 is 10.2 Å². The van der Waals surface area contributed by atoms with Crippen molar-refractivity contribution in [3.05, 3.63) is 40.6 Å². The van der Waals surface area contributed by atoms with Crippen LogP contribution in [0.1, 0.15) is 10.5 Å². The minimum Gasteiger partial charge on any atom is -0.508 e. The van der Waals surface area contributed by atoms with Crippen LogP contribution in [0.25, 0.3) is 11.4 Å². The average Bonchev–Trinajstić information content (AvgIpc) is 2.30. The Morgan fingerprint density at radius 2 is 1.88 bits per heavy atom. The van der Waals surface area contributed by atoms with Gasteiger partial charge in [0.2, 0.25) is 0 Å². The first-order valence-corrected chi connectivity index (χ1v) is 5.42. The van der Waals surface area contributed by atoms with E-state index in [2.05, 4.69) is 25.9 Å². The van der Waals surface area contributed by atoms with Gasteiger partial charge in [0.15, 0.2) is 11.5 Å². The zero-order valence-corrected chi connectivity index (χ0v) is 10.0. The lowest BCUT2D eigenvalue weighted by Crippen LogP contribution is -2.04. The zero-order valence-electron chi connectivity index (χ0n) is 8.46. The normalized spacial score (nSPS) is 10.2. The molecule has 2 aromatic rings. The van der Waals surface area contributed by atoms with Gasteiger partial charge >= 0.3 is 5.97 Å². The molecule has 2 rings (SSSR count). The molecule has 0 atom stereocenters. The van der Waals surface area contributed by atoms with Gasteiger partial charge in [-0.25, -0.2) is 14.8 Å². The number of aromatic hydroxyl groups is 1. The van der Waals surface area contributed by atoms with E-state index in [4.69, 9.17) is 10.2 Å². The number of phenolic OH excluding ortho intramolecular Hbond substituents is 1. The van der Waals surface area contributed by atoms with Crippen molar-refractivity contribution >= 4 is 21.9 Å². The fourth-order valence-corrected chi connectivity index (χ4v) is 1.63. The molecule has 0 unspecified atom stereocenters. The Labute approximate surface area is 105 Å². The molecular weight excluding hydrogens is 288 g/mol. The van der Waals surface area contributed by atoms with Crippen LogP contribution in [0.4, 0.5) is 0 Å². The predicted octanol–water partition coefficient (Wildman–Crippen LogP) is 2.31. The molecule has 1 heterocycles. The van der Waals surface area contributed by atoms with Crippen molar-refractivity contribution in [1.82, 2.24) is 9.97 Å². The number of nitrogens with zero attached hydrogens (tertiary/aromatic N) is 2. The molecule has 1 aromatic carbocycles. The van der Waals surface area contributed by atoms with E-state index in [0.29, 0.717) is 15.9 Å². The second-order valence-electron chi connectivity index (χ2n) is 3.24. The standard InChI is InChI=1S/C11H7BrN2O3/c12-8-5-13-10(14-9(8)11(16)17)6-1-3-7(15)4-2-6/h1-5,15H,(H,16,17). The van der Waals surface area contributed by atoms with Crippen molar-refractivity contribution in [2.24, 2.45) is 0 Å². The number of phenols is 1. The molecule has 2 N–H and O–H groups in total. The van der Waals surface area contributed by atoms with Gasteiger partial charge in [-0.3, -0.25) is 0 Å². The highest BCUT2D eigenvalue weighted by molar-refractivity contribution is 9.10. The second-order valence-corrected chi connectivity index (χ2v) is 4.10. The Morgan fingerprint density at radius 1 is 1.24 bits per heavy atom. The number of rotatable bonds is 2. The van der Waals surface area contributed by atoms with Gasteiger partial charge in [0.25, 0.3) is 0 Å². The number of carboxylic acids is 1. The van der Waals surface area contributed by atoms with Gasteiger partial charge in [0, 0.05) is 11.8 Å². The Hall–Kier alpha value is -1.95. The quantitative estimate of drug-likeness (QED) is 0.888. The van der Waals surface area contributed by atoms with Crippen molar-refractivity contribution in [3.8, 4) is 17.1 Å². The molecule has 0 saturated heterocycles. The lowest BCUT2D eigenvalue weighted by atomic mass is 10.2. The van der Waals surface area contributed by atoms with Crippen LogP contribution < -0.4 is 0 Å². The summed E-state index contributed by atoms with van der Waals surface area (Å²) in [7, 11) is 0. The Balaban J connectivity index is 2.50. The van der Waals surface area contributed by atoms with Crippen molar-refractivity contribution in [2.75, 3.05) is 0 Å². The van der Waals surface area contributed by atoms with Crippen LogP contribution in [0.5, 0.6) is 5.75 Å². The van der Waals surface area contributed by atoms with Crippen LogP contribution >= 0.6 is 15.9 Å². The molecule has 0 aliphatic rings. The first kappa shape index (κ1) is 11.5. The lowest BCUT2D eigenvalue weighted by Gasteiger charge is -2.03. The van der Waals surface area contributed by atoms with E-state index in [1.54, 1.807) is 12.1 Å². The van der Waals surface area contributed by atoms with Crippen molar-refractivity contribution in [1.29, 1.82) is 0 Å². The van der Waals surface area contributed by atoms with Crippen LogP contribution in [-0.2, 0) is 0 Å². The van der Waals surface area contributed by atoms with Crippen LogP contribution in [0, 0.1) is 0 Å². The minimum atomic E-state index is -1.13. The summed E-state index contributed by atoms with van der Waals surface area (Å²) < 4.78 is 0.326. The number of aromatic nitrogens is 2. The maximum Gasteiger partial charge on any atom is 0.355 e. The molecule has 86 valence electrons. The molecule has 0 aliphatic heterocycles. The molecule has 0 saturated carbocycles. The second kappa shape index (κ2) is 4.50. The first-order valence-electron chi connectivity index (χ1n) is 4.63. The molecule has 0 aliphatic carbocycles. The number of hydrogen-bond donors (Lipinski definition) is 2. The molecule has 17 heavy (non-hydrogen) atoms. The number of hydrogen-bond acceptors (Lipinski definition) is 4. The molecule has 0 bridgehead atoms. The molecule has 1 aromatic heterocycles. The number of carboxylic acid groups (broad SMARTS) is 1. The SMILES string of the molecule is O=C(O)c1nc(-c2ccc(O)cc2)ncc1Br. The topological polar surface area (TPSA) is 83.3 Å². The average molecular weight is 295 g/mol.